The number of nitrogens with zero attached hydrogens (tertiary/aromatic N) is 1. The van der Waals surface area contributed by atoms with Crippen molar-refractivity contribution >= 4 is 0 Å². The van der Waals surface area contributed by atoms with Gasteiger partial charge in [0.25, 0.3) is 0 Å². The number of phenols is 1. The summed E-state index contributed by atoms with van der Waals surface area (Å²) in [6.45, 7) is 3.89. The number of aromatic nitrogens is 2. The number of hydrogen-bond donors (Lipinski definition) is 2. The number of aromatic hydroxyl groups is 1. The molecule has 0 fully saturated rings. The molecular formula is C12H12F2N2O. The van der Waals surface area contributed by atoms with E-state index >= 15 is 0 Å². The number of aromatic amines is 1. The number of phenolic OH excluding ortho intramolecular Hbond substituents is 1. The van der Waals surface area contributed by atoms with E-state index in [1.54, 1.807) is 6.07 Å². The Morgan fingerprint density at radius 2 is 1.76 bits per heavy atom. The largest absolute Gasteiger partial charge is 0.508 e. The third kappa shape index (κ3) is 2.13. The van der Waals surface area contributed by atoms with Crippen LogP contribution in [0.5, 0.6) is 5.75 Å². The lowest BCUT2D eigenvalue weighted by Gasteiger charge is -2.02. The second-order valence-corrected chi connectivity index (χ2v) is 4.15. The summed E-state index contributed by atoms with van der Waals surface area (Å²) in [6, 6.07) is 3.33. The molecule has 0 unspecified atom stereocenters. The Balaban J connectivity index is 2.52. The summed E-state index contributed by atoms with van der Waals surface area (Å²) in [7, 11) is 0. The maximum absolute atomic E-state index is 13.6. The van der Waals surface area contributed by atoms with Gasteiger partial charge in [-0.2, -0.15) is 5.10 Å². The second kappa shape index (κ2) is 4.16. The minimum atomic E-state index is -0.829. The monoisotopic (exact) mass is 238 g/mol. The Kier molecular flexibility index (Phi) is 2.83. The van der Waals surface area contributed by atoms with Crippen LogP contribution in [0.3, 0.4) is 0 Å². The van der Waals surface area contributed by atoms with Gasteiger partial charge in [0.2, 0.25) is 0 Å². The molecule has 90 valence electrons. The molecule has 1 aromatic heterocycles. The van der Waals surface area contributed by atoms with E-state index in [4.69, 9.17) is 5.11 Å². The van der Waals surface area contributed by atoms with E-state index < -0.39 is 17.4 Å². The van der Waals surface area contributed by atoms with E-state index in [1.165, 1.54) is 0 Å². The topological polar surface area (TPSA) is 48.9 Å². The van der Waals surface area contributed by atoms with Gasteiger partial charge in [0.05, 0.1) is 11.3 Å². The Morgan fingerprint density at radius 1 is 1.18 bits per heavy atom. The smallest absolute Gasteiger partial charge is 0.139 e. The molecule has 0 aliphatic heterocycles. The van der Waals surface area contributed by atoms with Crippen LogP contribution in [0.2, 0.25) is 0 Å². The van der Waals surface area contributed by atoms with Gasteiger partial charge in [-0.15, -0.1) is 0 Å². The molecule has 0 atom stereocenters. The standard InChI is InChI=1S/C12H12F2N2O/c1-6(2)10-5-11(16-15-10)12-8(13)3-7(17)4-9(12)14/h3-6,17H,1-2H3,(H,15,16). The number of H-pyrrole nitrogens is 1. The maximum atomic E-state index is 13.6. The van der Waals surface area contributed by atoms with Gasteiger partial charge in [-0.05, 0) is 12.0 Å². The first-order chi connectivity index (χ1) is 7.99. The molecular weight excluding hydrogens is 226 g/mol. The molecule has 1 aromatic carbocycles. The molecule has 0 spiro atoms. The van der Waals surface area contributed by atoms with Crippen LogP contribution in [0.25, 0.3) is 11.3 Å². The summed E-state index contributed by atoms with van der Waals surface area (Å²) in [4.78, 5) is 0. The fraction of sp³-hybridized carbons (Fsp3) is 0.250. The van der Waals surface area contributed by atoms with Crippen molar-refractivity contribution in [2.45, 2.75) is 19.8 Å². The highest BCUT2D eigenvalue weighted by atomic mass is 19.1. The van der Waals surface area contributed by atoms with Gasteiger partial charge in [0, 0.05) is 17.8 Å². The number of hydrogen-bond acceptors (Lipinski definition) is 2. The number of nitrogens with one attached hydrogen (secondary N) is 1. The fourth-order valence-corrected chi connectivity index (χ4v) is 1.56. The van der Waals surface area contributed by atoms with Gasteiger partial charge in [-0.3, -0.25) is 5.10 Å². The normalized spacial score (nSPS) is 11.1. The highest BCUT2D eigenvalue weighted by molar-refractivity contribution is 5.62. The van der Waals surface area contributed by atoms with Gasteiger partial charge in [-0.1, -0.05) is 13.8 Å². The summed E-state index contributed by atoms with van der Waals surface area (Å²) in [5, 5.41) is 15.6. The van der Waals surface area contributed by atoms with Crippen LogP contribution in [0.4, 0.5) is 8.78 Å². The van der Waals surface area contributed by atoms with Gasteiger partial charge in [0.15, 0.2) is 0 Å². The van der Waals surface area contributed by atoms with Crippen molar-refractivity contribution in [1.29, 1.82) is 0 Å². The van der Waals surface area contributed by atoms with Crippen molar-refractivity contribution in [3.63, 3.8) is 0 Å². The molecule has 2 aromatic rings. The van der Waals surface area contributed by atoms with Gasteiger partial charge < -0.3 is 5.11 Å². The van der Waals surface area contributed by atoms with Crippen molar-refractivity contribution in [3.05, 3.63) is 35.5 Å². The van der Waals surface area contributed by atoms with Gasteiger partial charge in [0.1, 0.15) is 17.4 Å². The third-order valence-electron chi connectivity index (χ3n) is 2.50. The van der Waals surface area contributed by atoms with Gasteiger partial charge >= 0.3 is 0 Å². The predicted octanol–water partition coefficient (Wildman–Crippen LogP) is 3.18. The number of rotatable bonds is 2. The van der Waals surface area contributed by atoms with E-state index in [1.807, 2.05) is 13.8 Å². The summed E-state index contributed by atoms with van der Waals surface area (Å²) < 4.78 is 27.1. The lowest BCUT2D eigenvalue weighted by Crippen LogP contribution is -1.90. The molecule has 0 saturated carbocycles. The lowest BCUT2D eigenvalue weighted by atomic mass is 10.1. The molecule has 2 rings (SSSR count). The van der Waals surface area contributed by atoms with Crippen molar-refractivity contribution in [3.8, 4) is 17.0 Å². The van der Waals surface area contributed by atoms with Gasteiger partial charge in [-0.25, -0.2) is 8.78 Å². The van der Waals surface area contributed by atoms with Crippen LogP contribution >= 0.6 is 0 Å². The SMILES string of the molecule is CC(C)c1cc(-c2c(F)cc(O)cc2F)n[nH]1. The summed E-state index contributed by atoms with van der Waals surface area (Å²) >= 11 is 0. The Hall–Kier alpha value is -1.91. The van der Waals surface area contributed by atoms with Crippen molar-refractivity contribution < 1.29 is 13.9 Å². The molecule has 0 aliphatic carbocycles. The Labute approximate surface area is 97.1 Å². The fourth-order valence-electron chi connectivity index (χ4n) is 1.56. The average molecular weight is 238 g/mol. The molecule has 3 nitrogen and oxygen atoms in total. The van der Waals surface area contributed by atoms with Crippen LogP contribution in [0.1, 0.15) is 25.5 Å². The first-order valence-electron chi connectivity index (χ1n) is 5.22. The molecule has 0 bridgehead atoms. The maximum Gasteiger partial charge on any atom is 0.139 e. The highest BCUT2D eigenvalue weighted by Gasteiger charge is 2.16. The zero-order valence-electron chi connectivity index (χ0n) is 9.46. The lowest BCUT2D eigenvalue weighted by molar-refractivity contribution is 0.461. The van der Waals surface area contributed by atoms with Crippen molar-refractivity contribution in [2.75, 3.05) is 0 Å². The van der Waals surface area contributed by atoms with Crippen LogP contribution in [-0.4, -0.2) is 15.3 Å². The molecule has 1 heterocycles. The second-order valence-electron chi connectivity index (χ2n) is 4.15. The zero-order valence-corrected chi connectivity index (χ0v) is 9.46. The zero-order chi connectivity index (χ0) is 12.6. The number of halogens is 2. The van der Waals surface area contributed by atoms with Crippen molar-refractivity contribution in [1.82, 2.24) is 10.2 Å². The third-order valence-corrected chi connectivity index (χ3v) is 2.50. The van der Waals surface area contributed by atoms with E-state index in [-0.39, 0.29) is 17.2 Å². The minimum Gasteiger partial charge on any atom is -0.508 e. The van der Waals surface area contributed by atoms with Crippen molar-refractivity contribution in [2.24, 2.45) is 0 Å². The first-order valence-corrected chi connectivity index (χ1v) is 5.22. The predicted molar refractivity (Wildman–Crippen MR) is 59.7 cm³/mol. The summed E-state index contributed by atoms with van der Waals surface area (Å²) in [5.41, 5.74) is 0.765. The Bertz CT molecular complexity index is 526. The summed E-state index contributed by atoms with van der Waals surface area (Å²) in [5.74, 6) is -1.91. The van der Waals surface area contributed by atoms with E-state index in [0.717, 1.165) is 17.8 Å². The van der Waals surface area contributed by atoms with Crippen LogP contribution in [-0.2, 0) is 0 Å². The molecule has 5 heteroatoms. The van der Waals surface area contributed by atoms with Crippen LogP contribution in [0, 0.1) is 11.6 Å². The molecule has 0 amide bonds. The number of benzene rings is 1. The molecule has 2 N–H and O–H groups in total. The summed E-state index contributed by atoms with van der Waals surface area (Å²) in [6.07, 6.45) is 0. The van der Waals surface area contributed by atoms with E-state index in [9.17, 15) is 8.78 Å². The van der Waals surface area contributed by atoms with Crippen LogP contribution in [0.15, 0.2) is 18.2 Å². The van der Waals surface area contributed by atoms with E-state index in [0.29, 0.717) is 0 Å². The quantitative estimate of drug-likeness (QED) is 0.844. The van der Waals surface area contributed by atoms with Crippen LogP contribution < -0.4 is 0 Å². The molecule has 0 aliphatic rings. The molecule has 0 saturated heterocycles. The molecule has 17 heavy (non-hydrogen) atoms. The highest BCUT2D eigenvalue weighted by Crippen LogP contribution is 2.29. The molecule has 0 radical (unpaired) electrons. The Morgan fingerprint density at radius 3 is 2.24 bits per heavy atom. The average Bonchev–Trinajstić information content (AvgIpc) is 2.65. The minimum absolute atomic E-state index is 0.194. The van der Waals surface area contributed by atoms with E-state index in [2.05, 4.69) is 10.2 Å². The first kappa shape index (κ1) is 11.6.